The van der Waals surface area contributed by atoms with E-state index in [1.54, 1.807) is 0 Å². The molecule has 16 heavy (non-hydrogen) atoms. The second-order valence-corrected chi connectivity index (χ2v) is 5.29. The molecule has 0 N–H and O–H groups in total. The number of anilines is 1. The summed E-state index contributed by atoms with van der Waals surface area (Å²) < 4.78 is 5.77. The first-order valence-corrected chi connectivity index (χ1v) is 6.68. The zero-order valence-corrected chi connectivity index (χ0v) is 10.1. The largest absolute Gasteiger partial charge is 0.423 e. The van der Waals surface area contributed by atoms with Crippen LogP contribution in [0, 0.1) is 6.92 Å². The quantitative estimate of drug-likeness (QED) is 0.758. The van der Waals surface area contributed by atoms with Crippen molar-refractivity contribution in [3.05, 3.63) is 23.8 Å². The van der Waals surface area contributed by atoms with Gasteiger partial charge >= 0.3 is 0 Å². The van der Waals surface area contributed by atoms with Gasteiger partial charge in [0.05, 0.1) is 0 Å². The smallest absolute Gasteiger partial charge is 0.298 e. The number of aryl methyl sites for hydroxylation is 1. The number of hydrogen-bond acceptors (Lipinski definition) is 4. The number of oxazole rings is 1. The average molecular weight is 234 g/mol. The van der Waals surface area contributed by atoms with Gasteiger partial charge in [0, 0.05) is 24.6 Å². The molecule has 0 radical (unpaired) electrons. The number of nitrogens with zero attached hydrogens (tertiary/aromatic N) is 2. The molecule has 2 heterocycles. The standard InChI is InChI=1S/C12H14N2OS/c1-9-2-3-11-10(8-9)13-12(15-11)14-4-6-16-7-5-14/h2-3,8H,4-7H2,1H3. The van der Waals surface area contributed by atoms with E-state index in [1.165, 1.54) is 5.56 Å². The molecule has 1 aromatic carbocycles. The fourth-order valence-corrected chi connectivity index (χ4v) is 2.82. The maximum Gasteiger partial charge on any atom is 0.298 e. The summed E-state index contributed by atoms with van der Waals surface area (Å²) in [7, 11) is 0. The molecule has 0 saturated carbocycles. The van der Waals surface area contributed by atoms with Gasteiger partial charge in [-0.05, 0) is 24.6 Å². The number of hydrogen-bond donors (Lipinski definition) is 0. The van der Waals surface area contributed by atoms with E-state index in [1.807, 2.05) is 17.8 Å². The lowest BCUT2D eigenvalue weighted by Crippen LogP contribution is -2.32. The van der Waals surface area contributed by atoms with E-state index in [-0.39, 0.29) is 0 Å². The molecular formula is C12H14N2OS. The maximum absolute atomic E-state index is 5.77. The molecule has 2 aromatic rings. The minimum absolute atomic E-state index is 0.779. The van der Waals surface area contributed by atoms with Gasteiger partial charge in [-0.2, -0.15) is 16.7 Å². The Balaban J connectivity index is 1.97. The molecule has 1 fully saturated rings. The summed E-state index contributed by atoms with van der Waals surface area (Å²) in [5.74, 6) is 2.33. The summed E-state index contributed by atoms with van der Waals surface area (Å²) in [4.78, 5) is 6.78. The van der Waals surface area contributed by atoms with Gasteiger partial charge in [-0.25, -0.2) is 0 Å². The molecule has 1 aromatic heterocycles. The molecule has 0 bridgehead atoms. The lowest BCUT2D eigenvalue weighted by Gasteiger charge is -2.24. The van der Waals surface area contributed by atoms with Crippen molar-refractivity contribution < 1.29 is 4.42 Å². The van der Waals surface area contributed by atoms with E-state index in [0.29, 0.717) is 0 Å². The molecule has 0 spiro atoms. The zero-order chi connectivity index (χ0) is 11.0. The Morgan fingerprint density at radius 1 is 1.31 bits per heavy atom. The summed E-state index contributed by atoms with van der Waals surface area (Å²) in [5, 5.41) is 0. The Bertz CT molecular complexity index is 503. The molecule has 1 saturated heterocycles. The highest BCUT2D eigenvalue weighted by Crippen LogP contribution is 2.24. The highest BCUT2D eigenvalue weighted by atomic mass is 32.2. The van der Waals surface area contributed by atoms with Crippen LogP contribution in [0.2, 0.25) is 0 Å². The van der Waals surface area contributed by atoms with Gasteiger partial charge in [0.1, 0.15) is 5.52 Å². The molecule has 4 heteroatoms. The van der Waals surface area contributed by atoms with E-state index in [9.17, 15) is 0 Å². The lowest BCUT2D eigenvalue weighted by atomic mass is 10.2. The number of aromatic nitrogens is 1. The highest BCUT2D eigenvalue weighted by molar-refractivity contribution is 7.99. The topological polar surface area (TPSA) is 29.3 Å². The van der Waals surface area contributed by atoms with E-state index >= 15 is 0 Å². The SMILES string of the molecule is Cc1ccc2oc(N3CCSCC3)nc2c1. The van der Waals surface area contributed by atoms with Crippen LogP contribution >= 0.6 is 11.8 Å². The summed E-state index contributed by atoms with van der Waals surface area (Å²) in [6, 6.07) is 6.91. The summed E-state index contributed by atoms with van der Waals surface area (Å²) in [5.41, 5.74) is 3.08. The molecule has 0 atom stereocenters. The van der Waals surface area contributed by atoms with E-state index in [0.717, 1.165) is 41.7 Å². The van der Waals surface area contributed by atoms with Gasteiger partial charge in [-0.15, -0.1) is 0 Å². The second-order valence-electron chi connectivity index (χ2n) is 4.07. The van der Waals surface area contributed by atoms with E-state index in [4.69, 9.17) is 4.42 Å². The third-order valence-electron chi connectivity index (χ3n) is 2.81. The van der Waals surface area contributed by atoms with Crippen LogP contribution in [0.15, 0.2) is 22.6 Å². The van der Waals surface area contributed by atoms with E-state index in [2.05, 4.69) is 28.9 Å². The van der Waals surface area contributed by atoms with Crippen molar-refractivity contribution in [2.45, 2.75) is 6.92 Å². The van der Waals surface area contributed by atoms with Crippen LogP contribution in [0.25, 0.3) is 11.1 Å². The maximum atomic E-state index is 5.77. The average Bonchev–Trinajstić information content (AvgIpc) is 2.73. The first-order valence-electron chi connectivity index (χ1n) is 5.53. The van der Waals surface area contributed by atoms with Crippen LogP contribution in [0.1, 0.15) is 5.56 Å². The van der Waals surface area contributed by atoms with Gasteiger partial charge in [-0.3, -0.25) is 0 Å². The van der Waals surface area contributed by atoms with Crippen molar-refractivity contribution in [1.82, 2.24) is 4.98 Å². The Kier molecular flexibility index (Phi) is 2.52. The van der Waals surface area contributed by atoms with Gasteiger partial charge < -0.3 is 9.32 Å². The van der Waals surface area contributed by atoms with Crippen LogP contribution in [-0.4, -0.2) is 29.6 Å². The summed E-state index contributed by atoms with van der Waals surface area (Å²) in [6.07, 6.45) is 0. The molecule has 3 nitrogen and oxygen atoms in total. The minimum atomic E-state index is 0.779. The molecule has 0 amide bonds. The fraction of sp³-hybridized carbons (Fsp3) is 0.417. The molecular weight excluding hydrogens is 220 g/mol. The third kappa shape index (κ3) is 1.78. The first-order chi connectivity index (χ1) is 7.83. The highest BCUT2D eigenvalue weighted by Gasteiger charge is 2.16. The van der Waals surface area contributed by atoms with Crippen molar-refractivity contribution in [2.75, 3.05) is 29.5 Å². The second kappa shape index (κ2) is 4.01. The van der Waals surface area contributed by atoms with Crippen LogP contribution in [-0.2, 0) is 0 Å². The predicted molar refractivity (Wildman–Crippen MR) is 68.3 cm³/mol. The van der Waals surface area contributed by atoms with Crippen molar-refractivity contribution in [3.63, 3.8) is 0 Å². The van der Waals surface area contributed by atoms with Crippen LogP contribution < -0.4 is 4.90 Å². The van der Waals surface area contributed by atoms with E-state index < -0.39 is 0 Å². The Morgan fingerprint density at radius 3 is 2.94 bits per heavy atom. The number of thioether (sulfide) groups is 1. The monoisotopic (exact) mass is 234 g/mol. The number of benzene rings is 1. The van der Waals surface area contributed by atoms with Crippen LogP contribution in [0.5, 0.6) is 0 Å². The normalized spacial score (nSPS) is 16.9. The summed E-state index contributed by atoms with van der Waals surface area (Å²) in [6.45, 7) is 4.15. The lowest BCUT2D eigenvalue weighted by molar-refractivity contribution is 0.575. The molecule has 0 aliphatic carbocycles. The van der Waals surface area contributed by atoms with Crippen molar-refractivity contribution in [3.8, 4) is 0 Å². The zero-order valence-electron chi connectivity index (χ0n) is 9.27. The first kappa shape index (κ1) is 10.0. The Labute approximate surface area is 98.8 Å². The van der Waals surface area contributed by atoms with Gasteiger partial charge in [0.25, 0.3) is 6.01 Å². The molecule has 0 unspecified atom stereocenters. The van der Waals surface area contributed by atoms with Gasteiger partial charge in [0.15, 0.2) is 5.58 Å². The van der Waals surface area contributed by atoms with Crippen molar-refractivity contribution in [2.24, 2.45) is 0 Å². The van der Waals surface area contributed by atoms with Gasteiger partial charge in [-0.1, -0.05) is 6.07 Å². The minimum Gasteiger partial charge on any atom is -0.423 e. The van der Waals surface area contributed by atoms with Crippen molar-refractivity contribution in [1.29, 1.82) is 0 Å². The number of rotatable bonds is 1. The summed E-state index contributed by atoms with van der Waals surface area (Å²) >= 11 is 1.99. The molecule has 84 valence electrons. The fourth-order valence-electron chi connectivity index (χ4n) is 1.92. The molecule has 3 rings (SSSR count). The number of fused-ring (bicyclic) bond motifs is 1. The third-order valence-corrected chi connectivity index (χ3v) is 3.76. The molecule has 1 aliphatic heterocycles. The molecule has 1 aliphatic rings. The van der Waals surface area contributed by atoms with Gasteiger partial charge in [0.2, 0.25) is 0 Å². The van der Waals surface area contributed by atoms with Crippen LogP contribution in [0.4, 0.5) is 6.01 Å². The Hall–Kier alpha value is -1.16. The van der Waals surface area contributed by atoms with Crippen molar-refractivity contribution >= 4 is 28.9 Å². The Morgan fingerprint density at radius 2 is 2.12 bits per heavy atom. The predicted octanol–water partition coefficient (Wildman–Crippen LogP) is 2.69. The van der Waals surface area contributed by atoms with Crippen LogP contribution in [0.3, 0.4) is 0 Å².